The van der Waals surface area contributed by atoms with Gasteiger partial charge in [-0.2, -0.15) is 0 Å². The summed E-state index contributed by atoms with van der Waals surface area (Å²) in [6.45, 7) is 3.48. The van der Waals surface area contributed by atoms with Crippen molar-refractivity contribution in [2.45, 2.75) is 19.3 Å². The number of carbonyl (C=O) groups is 1. The molecule has 7 heteroatoms. The van der Waals surface area contributed by atoms with E-state index >= 15 is 0 Å². The van der Waals surface area contributed by atoms with Crippen LogP contribution in [0, 0.1) is 10.1 Å². The Labute approximate surface area is 139 Å². The molecule has 0 spiro atoms. The van der Waals surface area contributed by atoms with E-state index < -0.39 is 10.3 Å². The number of methoxy groups -OCH3 is 1. The van der Waals surface area contributed by atoms with Crippen molar-refractivity contribution < 1.29 is 14.5 Å². The van der Waals surface area contributed by atoms with Crippen LogP contribution in [0.1, 0.15) is 19.4 Å². The van der Waals surface area contributed by atoms with Crippen LogP contribution in [-0.2, 0) is 10.2 Å². The Bertz CT molecular complexity index is 770. The van der Waals surface area contributed by atoms with Gasteiger partial charge in [-0.15, -0.1) is 0 Å². The molecule has 2 rings (SSSR count). The molecule has 0 heterocycles. The highest BCUT2D eigenvalue weighted by molar-refractivity contribution is 6.00. The number of nitro groups is 1. The number of carbonyl (C=O) groups excluding carboxylic acids is 1. The summed E-state index contributed by atoms with van der Waals surface area (Å²) in [4.78, 5) is 23.3. The number of nitro benzene ring substituents is 1. The molecule has 0 saturated heterocycles. The number of nitrogens with one attached hydrogen (secondary N) is 1. The SMILES string of the molecule is COc1ccc(NC(=O)C(C)(C)c2ccc(N)cc2)c([N+](=O)[O-])c1. The van der Waals surface area contributed by atoms with Gasteiger partial charge < -0.3 is 15.8 Å². The first-order valence-corrected chi connectivity index (χ1v) is 7.25. The molecule has 24 heavy (non-hydrogen) atoms. The minimum absolute atomic E-state index is 0.120. The number of ether oxygens (including phenoxy) is 1. The molecule has 3 N–H and O–H groups in total. The zero-order valence-electron chi connectivity index (χ0n) is 13.7. The molecule has 1 amide bonds. The third kappa shape index (κ3) is 3.45. The maximum Gasteiger partial charge on any atom is 0.296 e. The van der Waals surface area contributed by atoms with E-state index in [9.17, 15) is 14.9 Å². The zero-order chi connectivity index (χ0) is 17.9. The number of nitrogens with two attached hydrogens (primary N) is 1. The molecular formula is C17H19N3O4. The molecular weight excluding hydrogens is 310 g/mol. The van der Waals surface area contributed by atoms with Gasteiger partial charge in [0.2, 0.25) is 5.91 Å². The van der Waals surface area contributed by atoms with E-state index in [1.807, 2.05) is 0 Å². The highest BCUT2D eigenvalue weighted by Crippen LogP contribution is 2.31. The van der Waals surface area contributed by atoms with Crippen LogP contribution in [0.3, 0.4) is 0 Å². The summed E-state index contributed by atoms with van der Waals surface area (Å²) in [5.41, 5.74) is 6.02. The predicted molar refractivity (Wildman–Crippen MR) is 92.2 cm³/mol. The zero-order valence-corrected chi connectivity index (χ0v) is 13.7. The van der Waals surface area contributed by atoms with E-state index in [0.717, 1.165) is 5.56 Å². The monoisotopic (exact) mass is 329 g/mol. The summed E-state index contributed by atoms with van der Waals surface area (Å²) in [6.07, 6.45) is 0. The van der Waals surface area contributed by atoms with Gasteiger partial charge in [0, 0.05) is 5.69 Å². The second-order valence-electron chi connectivity index (χ2n) is 5.84. The largest absolute Gasteiger partial charge is 0.496 e. The van der Waals surface area contributed by atoms with E-state index in [-0.39, 0.29) is 17.3 Å². The third-order valence-corrected chi connectivity index (χ3v) is 3.85. The number of hydrogen-bond acceptors (Lipinski definition) is 5. The van der Waals surface area contributed by atoms with Gasteiger partial charge in [-0.05, 0) is 43.7 Å². The van der Waals surface area contributed by atoms with Crippen LogP contribution in [0.4, 0.5) is 17.1 Å². The minimum Gasteiger partial charge on any atom is -0.496 e. The average Bonchev–Trinajstić information content (AvgIpc) is 2.55. The van der Waals surface area contributed by atoms with E-state index in [0.29, 0.717) is 11.4 Å². The second kappa shape index (κ2) is 6.57. The topological polar surface area (TPSA) is 107 Å². The van der Waals surface area contributed by atoms with Crippen LogP contribution in [0.2, 0.25) is 0 Å². The number of hydrogen-bond donors (Lipinski definition) is 2. The Hall–Kier alpha value is -3.09. The van der Waals surface area contributed by atoms with Crippen molar-refractivity contribution in [3.8, 4) is 5.75 Å². The molecule has 7 nitrogen and oxygen atoms in total. The molecule has 0 atom stereocenters. The number of nitrogen functional groups attached to an aromatic ring is 1. The molecule has 0 aromatic heterocycles. The fourth-order valence-electron chi connectivity index (χ4n) is 2.20. The highest BCUT2D eigenvalue weighted by atomic mass is 16.6. The van der Waals surface area contributed by atoms with Crippen LogP contribution in [0.25, 0.3) is 0 Å². The van der Waals surface area contributed by atoms with Gasteiger partial charge in [0.15, 0.2) is 0 Å². The minimum atomic E-state index is -0.887. The molecule has 0 unspecified atom stereocenters. The summed E-state index contributed by atoms with van der Waals surface area (Å²) in [6, 6.07) is 11.2. The lowest BCUT2D eigenvalue weighted by Gasteiger charge is -2.24. The predicted octanol–water partition coefficient (Wildman–Crippen LogP) is 3.10. The standard InChI is InChI=1S/C17H19N3O4/c1-17(2,11-4-6-12(18)7-5-11)16(21)19-14-9-8-13(24-3)10-15(14)20(22)23/h4-10H,18H2,1-3H3,(H,19,21). The number of benzene rings is 2. The van der Waals surface area contributed by atoms with Crippen molar-refractivity contribution in [2.24, 2.45) is 0 Å². The van der Waals surface area contributed by atoms with Gasteiger partial charge in [-0.3, -0.25) is 14.9 Å². The van der Waals surface area contributed by atoms with Crippen molar-refractivity contribution in [3.05, 3.63) is 58.1 Å². The van der Waals surface area contributed by atoms with Crippen LogP contribution in [0.15, 0.2) is 42.5 Å². The molecule has 0 aliphatic carbocycles. The maximum absolute atomic E-state index is 12.7. The summed E-state index contributed by atoms with van der Waals surface area (Å²) in [5, 5.41) is 13.8. The van der Waals surface area contributed by atoms with E-state index in [4.69, 9.17) is 10.5 Å². The van der Waals surface area contributed by atoms with Crippen molar-refractivity contribution in [1.82, 2.24) is 0 Å². The first-order chi connectivity index (χ1) is 11.3. The Morgan fingerprint density at radius 3 is 2.38 bits per heavy atom. The lowest BCUT2D eigenvalue weighted by atomic mass is 9.83. The molecule has 2 aromatic carbocycles. The summed E-state index contributed by atoms with van der Waals surface area (Å²) in [7, 11) is 1.42. The van der Waals surface area contributed by atoms with Crippen molar-refractivity contribution in [1.29, 1.82) is 0 Å². The van der Waals surface area contributed by atoms with Crippen molar-refractivity contribution >= 4 is 23.0 Å². The van der Waals surface area contributed by atoms with E-state index in [1.54, 1.807) is 44.2 Å². The van der Waals surface area contributed by atoms with Crippen LogP contribution in [0.5, 0.6) is 5.75 Å². The van der Waals surface area contributed by atoms with Gasteiger partial charge in [0.1, 0.15) is 11.4 Å². The lowest BCUT2D eigenvalue weighted by molar-refractivity contribution is -0.384. The van der Waals surface area contributed by atoms with Crippen LogP contribution >= 0.6 is 0 Å². The Kier molecular flexibility index (Phi) is 4.73. The summed E-state index contributed by atoms with van der Waals surface area (Å²) < 4.78 is 4.98. The smallest absolute Gasteiger partial charge is 0.296 e. The van der Waals surface area contributed by atoms with Gasteiger partial charge in [-0.1, -0.05) is 12.1 Å². The Morgan fingerprint density at radius 1 is 1.21 bits per heavy atom. The highest BCUT2D eigenvalue weighted by Gasteiger charge is 2.31. The Morgan fingerprint density at radius 2 is 1.83 bits per heavy atom. The molecule has 0 fully saturated rings. The fourth-order valence-corrected chi connectivity index (χ4v) is 2.20. The number of rotatable bonds is 5. The van der Waals surface area contributed by atoms with Crippen molar-refractivity contribution in [3.63, 3.8) is 0 Å². The van der Waals surface area contributed by atoms with E-state index in [1.165, 1.54) is 19.2 Å². The summed E-state index contributed by atoms with van der Waals surface area (Å²) in [5.74, 6) is -0.0157. The molecule has 0 aliphatic heterocycles. The molecule has 0 radical (unpaired) electrons. The second-order valence-corrected chi connectivity index (χ2v) is 5.84. The maximum atomic E-state index is 12.7. The number of nitrogens with zero attached hydrogens (tertiary/aromatic N) is 1. The third-order valence-electron chi connectivity index (χ3n) is 3.85. The van der Waals surface area contributed by atoms with Gasteiger partial charge in [0.05, 0.1) is 23.5 Å². The fraction of sp³-hybridized carbons (Fsp3) is 0.235. The first-order valence-electron chi connectivity index (χ1n) is 7.25. The quantitative estimate of drug-likeness (QED) is 0.498. The molecule has 0 saturated carbocycles. The van der Waals surface area contributed by atoms with Crippen LogP contribution < -0.4 is 15.8 Å². The first kappa shape index (κ1) is 17.3. The molecule has 126 valence electrons. The molecule has 2 aromatic rings. The molecule has 0 aliphatic rings. The average molecular weight is 329 g/mol. The van der Waals surface area contributed by atoms with Gasteiger partial charge in [0.25, 0.3) is 5.69 Å². The van der Waals surface area contributed by atoms with Crippen LogP contribution in [-0.4, -0.2) is 17.9 Å². The van der Waals surface area contributed by atoms with Gasteiger partial charge in [-0.25, -0.2) is 0 Å². The van der Waals surface area contributed by atoms with Crippen molar-refractivity contribution in [2.75, 3.05) is 18.2 Å². The normalized spacial score (nSPS) is 11.0. The lowest BCUT2D eigenvalue weighted by Crippen LogP contribution is -2.34. The molecule has 0 bridgehead atoms. The Balaban J connectivity index is 2.31. The van der Waals surface area contributed by atoms with E-state index in [2.05, 4.69) is 5.32 Å². The number of amides is 1. The summed E-state index contributed by atoms with van der Waals surface area (Å²) >= 11 is 0. The van der Waals surface area contributed by atoms with Gasteiger partial charge >= 0.3 is 0 Å². The number of anilines is 2.